The second-order valence-electron chi connectivity index (χ2n) is 5.58. The third-order valence-corrected chi connectivity index (χ3v) is 4.74. The fourth-order valence-electron chi connectivity index (χ4n) is 2.61. The van der Waals surface area contributed by atoms with Crippen molar-refractivity contribution >= 4 is 43.5 Å². The van der Waals surface area contributed by atoms with Crippen LogP contribution in [0, 0.1) is 5.92 Å². The standard InChI is InChI=1S/C15H21Br2N3O/c1-20(9-11-3-2-6-18-8-11)10-15(21)19-14-5-4-12(16)7-13(14)17/h4-5,7,11,18H,2-3,6,8-10H2,1H3,(H,19,21). The van der Waals surface area contributed by atoms with Gasteiger partial charge < -0.3 is 10.6 Å². The first-order valence-electron chi connectivity index (χ1n) is 7.19. The lowest BCUT2D eigenvalue weighted by molar-refractivity contribution is -0.117. The van der Waals surface area contributed by atoms with Crippen molar-refractivity contribution in [1.29, 1.82) is 0 Å². The SMILES string of the molecule is CN(CC(=O)Nc1ccc(Br)cc1Br)CC1CCCNC1. The van der Waals surface area contributed by atoms with Crippen molar-refractivity contribution in [1.82, 2.24) is 10.2 Å². The topological polar surface area (TPSA) is 44.4 Å². The number of rotatable bonds is 5. The summed E-state index contributed by atoms with van der Waals surface area (Å²) < 4.78 is 1.86. The highest BCUT2D eigenvalue weighted by Gasteiger charge is 2.16. The highest BCUT2D eigenvalue weighted by Crippen LogP contribution is 2.26. The predicted octanol–water partition coefficient (Wildman–Crippen LogP) is 3.08. The molecule has 0 radical (unpaired) electrons. The molecule has 0 aliphatic carbocycles. The molecule has 0 aromatic heterocycles. The van der Waals surface area contributed by atoms with Gasteiger partial charge in [0.25, 0.3) is 0 Å². The molecule has 1 saturated heterocycles. The number of likely N-dealkylation sites (N-methyl/N-ethyl adjacent to an activating group) is 1. The quantitative estimate of drug-likeness (QED) is 0.772. The highest BCUT2D eigenvalue weighted by molar-refractivity contribution is 9.11. The Morgan fingerprint density at radius 3 is 2.95 bits per heavy atom. The molecule has 0 saturated carbocycles. The van der Waals surface area contributed by atoms with E-state index in [0.717, 1.165) is 34.3 Å². The summed E-state index contributed by atoms with van der Waals surface area (Å²) in [5.74, 6) is 0.667. The van der Waals surface area contributed by atoms with Gasteiger partial charge in [0.1, 0.15) is 0 Å². The fraction of sp³-hybridized carbons (Fsp3) is 0.533. The molecule has 116 valence electrons. The zero-order chi connectivity index (χ0) is 15.2. The number of hydrogen-bond donors (Lipinski definition) is 2. The van der Waals surface area contributed by atoms with Gasteiger partial charge in [-0.15, -0.1) is 0 Å². The van der Waals surface area contributed by atoms with Crippen molar-refractivity contribution in [2.45, 2.75) is 12.8 Å². The monoisotopic (exact) mass is 417 g/mol. The van der Waals surface area contributed by atoms with E-state index in [-0.39, 0.29) is 5.91 Å². The van der Waals surface area contributed by atoms with E-state index in [9.17, 15) is 4.79 Å². The number of piperidine rings is 1. The first-order valence-corrected chi connectivity index (χ1v) is 8.77. The molecule has 1 atom stereocenters. The van der Waals surface area contributed by atoms with E-state index < -0.39 is 0 Å². The molecular weight excluding hydrogens is 398 g/mol. The second kappa shape index (κ2) is 8.27. The first-order chi connectivity index (χ1) is 10.0. The van der Waals surface area contributed by atoms with E-state index in [1.807, 2.05) is 25.2 Å². The Morgan fingerprint density at radius 1 is 1.48 bits per heavy atom. The van der Waals surface area contributed by atoms with Crippen LogP contribution in [0.3, 0.4) is 0 Å². The summed E-state index contributed by atoms with van der Waals surface area (Å²) in [7, 11) is 2.00. The molecule has 1 aliphatic heterocycles. The van der Waals surface area contributed by atoms with Crippen LogP contribution in [0.1, 0.15) is 12.8 Å². The second-order valence-corrected chi connectivity index (χ2v) is 7.35. The first kappa shape index (κ1) is 16.9. The maximum Gasteiger partial charge on any atom is 0.238 e. The van der Waals surface area contributed by atoms with E-state index in [1.165, 1.54) is 12.8 Å². The van der Waals surface area contributed by atoms with Crippen LogP contribution >= 0.6 is 31.9 Å². The number of amides is 1. The molecule has 0 bridgehead atoms. The van der Waals surface area contributed by atoms with Crippen LogP contribution in [0.4, 0.5) is 5.69 Å². The Kier molecular flexibility index (Phi) is 6.67. The van der Waals surface area contributed by atoms with E-state index in [0.29, 0.717) is 12.5 Å². The average Bonchev–Trinajstić information content (AvgIpc) is 2.43. The number of halogens is 2. The van der Waals surface area contributed by atoms with E-state index >= 15 is 0 Å². The molecule has 1 unspecified atom stereocenters. The minimum atomic E-state index is 0.0179. The van der Waals surface area contributed by atoms with Gasteiger partial charge in [-0.3, -0.25) is 9.69 Å². The normalized spacial score (nSPS) is 18.8. The van der Waals surface area contributed by atoms with Gasteiger partial charge in [-0.1, -0.05) is 15.9 Å². The summed E-state index contributed by atoms with van der Waals surface area (Å²) >= 11 is 6.86. The molecule has 1 fully saturated rings. The summed E-state index contributed by atoms with van der Waals surface area (Å²) in [6, 6.07) is 5.72. The van der Waals surface area contributed by atoms with Gasteiger partial charge in [0, 0.05) is 15.5 Å². The lowest BCUT2D eigenvalue weighted by atomic mass is 9.99. The number of carbonyl (C=O) groups excluding carboxylic acids is 1. The van der Waals surface area contributed by atoms with E-state index in [4.69, 9.17) is 0 Å². The molecule has 21 heavy (non-hydrogen) atoms. The van der Waals surface area contributed by atoms with Crippen LogP contribution in [0.15, 0.2) is 27.1 Å². The molecule has 6 heteroatoms. The van der Waals surface area contributed by atoms with Gasteiger partial charge in [-0.25, -0.2) is 0 Å². The van der Waals surface area contributed by atoms with Gasteiger partial charge >= 0.3 is 0 Å². The molecule has 4 nitrogen and oxygen atoms in total. The summed E-state index contributed by atoms with van der Waals surface area (Å²) in [6.07, 6.45) is 2.48. The predicted molar refractivity (Wildman–Crippen MR) is 93.6 cm³/mol. The molecule has 2 rings (SSSR count). The Labute approximate surface area is 142 Å². The van der Waals surface area contributed by atoms with Crippen molar-refractivity contribution in [3.05, 3.63) is 27.1 Å². The molecule has 1 aromatic rings. The van der Waals surface area contributed by atoms with Crippen LogP contribution < -0.4 is 10.6 Å². The van der Waals surface area contributed by atoms with Crippen LogP contribution in [-0.2, 0) is 4.79 Å². The fourth-order valence-corrected chi connectivity index (χ4v) is 3.76. The summed E-state index contributed by atoms with van der Waals surface area (Å²) in [4.78, 5) is 14.2. The summed E-state index contributed by atoms with van der Waals surface area (Å²) in [6.45, 7) is 3.56. The minimum absolute atomic E-state index is 0.0179. The number of benzene rings is 1. The van der Waals surface area contributed by atoms with Crippen LogP contribution in [0.25, 0.3) is 0 Å². The Hall–Kier alpha value is -0.430. The summed E-state index contributed by atoms with van der Waals surface area (Å²) in [5.41, 5.74) is 0.802. The molecule has 1 aliphatic rings. The van der Waals surface area contributed by atoms with Crippen molar-refractivity contribution in [2.75, 3.05) is 38.5 Å². The van der Waals surface area contributed by atoms with Gasteiger partial charge in [-0.05, 0) is 73.0 Å². The number of nitrogens with one attached hydrogen (secondary N) is 2. The highest BCUT2D eigenvalue weighted by atomic mass is 79.9. The summed E-state index contributed by atoms with van der Waals surface area (Å²) in [5, 5.41) is 6.35. The lowest BCUT2D eigenvalue weighted by Crippen LogP contribution is -2.39. The number of carbonyl (C=O) groups is 1. The maximum atomic E-state index is 12.1. The number of hydrogen-bond acceptors (Lipinski definition) is 3. The van der Waals surface area contributed by atoms with E-state index in [1.54, 1.807) is 0 Å². The smallest absolute Gasteiger partial charge is 0.238 e. The Morgan fingerprint density at radius 2 is 2.29 bits per heavy atom. The largest absolute Gasteiger partial charge is 0.324 e. The zero-order valence-electron chi connectivity index (χ0n) is 12.2. The molecule has 1 heterocycles. The third kappa shape index (κ3) is 5.70. The third-order valence-electron chi connectivity index (χ3n) is 3.59. The lowest BCUT2D eigenvalue weighted by Gasteiger charge is -2.27. The van der Waals surface area contributed by atoms with Crippen molar-refractivity contribution in [2.24, 2.45) is 5.92 Å². The molecule has 2 N–H and O–H groups in total. The molecule has 0 spiro atoms. The van der Waals surface area contributed by atoms with Gasteiger partial charge in [0.2, 0.25) is 5.91 Å². The average molecular weight is 419 g/mol. The maximum absolute atomic E-state index is 12.1. The zero-order valence-corrected chi connectivity index (χ0v) is 15.3. The van der Waals surface area contributed by atoms with Crippen LogP contribution in [0.2, 0.25) is 0 Å². The Bertz CT molecular complexity index is 490. The van der Waals surface area contributed by atoms with Gasteiger partial charge in [0.15, 0.2) is 0 Å². The van der Waals surface area contributed by atoms with Crippen LogP contribution in [0.5, 0.6) is 0 Å². The van der Waals surface area contributed by atoms with Crippen molar-refractivity contribution in [3.63, 3.8) is 0 Å². The Balaban J connectivity index is 1.80. The molecular formula is C15H21Br2N3O. The number of nitrogens with zero attached hydrogens (tertiary/aromatic N) is 1. The minimum Gasteiger partial charge on any atom is -0.324 e. The molecule has 1 aromatic carbocycles. The van der Waals surface area contributed by atoms with Crippen molar-refractivity contribution in [3.8, 4) is 0 Å². The van der Waals surface area contributed by atoms with E-state index in [2.05, 4.69) is 47.4 Å². The van der Waals surface area contributed by atoms with Gasteiger partial charge in [-0.2, -0.15) is 0 Å². The van der Waals surface area contributed by atoms with Gasteiger partial charge in [0.05, 0.1) is 12.2 Å². The van der Waals surface area contributed by atoms with Crippen LogP contribution in [-0.4, -0.2) is 44.0 Å². The number of anilines is 1. The van der Waals surface area contributed by atoms with Crippen molar-refractivity contribution < 1.29 is 4.79 Å². The molecule has 1 amide bonds.